The summed E-state index contributed by atoms with van der Waals surface area (Å²) in [5.41, 5.74) is 7.80. The molecule has 2 aromatic carbocycles. The van der Waals surface area contributed by atoms with Gasteiger partial charge >= 0.3 is 0 Å². The number of aryl methyl sites for hydroxylation is 1. The molecule has 1 aromatic heterocycles. The Morgan fingerprint density at radius 3 is 2.60 bits per heavy atom. The fourth-order valence-corrected chi connectivity index (χ4v) is 2.56. The van der Waals surface area contributed by atoms with Crippen molar-refractivity contribution in [3.63, 3.8) is 0 Å². The number of pyridine rings is 1. The van der Waals surface area contributed by atoms with Gasteiger partial charge < -0.3 is 5.73 Å². The average Bonchev–Trinajstić information content (AvgIpc) is 2.43. The van der Waals surface area contributed by atoms with Crippen LogP contribution in [0, 0.1) is 6.92 Å². The average molecular weight is 329 g/mol. The Bertz CT molecular complexity index is 868. The van der Waals surface area contributed by atoms with Crippen molar-refractivity contribution in [2.45, 2.75) is 6.92 Å². The molecular weight excluding hydrogens is 316 g/mol. The molecule has 0 unspecified atom stereocenters. The highest BCUT2D eigenvalue weighted by molar-refractivity contribution is 9.10. The van der Waals surface area contributed by atoms with Gasteiger partial charge in [-0.3, -0.25) is 9.36 Å². The number of rotatable bonds is 1. The van der Waals surface area contributed by atoms with Gasteiger partial charge in [0.25, 0.3) is 5.56 Å². The van der Waals surface area contributed by atoms with Crippen LogP contribution in [0.5, 0.6) is 0 Å². The molecular formula is C16H13BrN2O. The van der Waals surface area contributed by atoms with Gasteiger partial charge in [-0.15, -0.1) is 0 Å². The lowest BCUT2D eigenvalue weighted by Gasteiger charge is -2.12. The third-order valence-corrected chi connectivity index (χ3v) is 4.25. The maximum absolute atomic E-state index is 12.6. The summed E-state index contributed by atoms with van der Waals surface area (Å²) in [5, 5.41) is 1.53. The fourth-order valence-electron chi connectivity index (χ4n) is 2.31. The summed E-state index contributed by atoms with van der Waals surface area (Å²) in [6.45, 7) is 1.98. The van der Waals surface area contributed by atoms with Crippen LogP contribution in [0.1, 0.15) is 5.56 Å². The SMILES string of the molecule is Cc1cc(-n2c(N)cc3ccccc3c2=O)ccc1Br. The van der Waals surface area contributed by atoms with Gasteiger partial charge in [0.2, 0.25) is 0 Å². The van der Waals surface area contributed by atoms with E-state index in [0.29, 0.717) is 11.2 Å². The largest absolute Gasteiger partial charge is 0.385 e. The van der Waals surface area contributed by atoms with E-state index in [1.807, 2.05) is 55.5 Å². The van der Waals surface area contributed by atoms with Gasteiger partial charge in [-0.1, -0.05) is 34.1 Å². The van der Waals surface area contributed by atoms with Crippen LogP contribution in [-0.4, -0.2) is 4.57 Å². The Kier molecular flexibility index (Phi) is 3.10. The molecule has 0 fully saturated rings. The number of hydrogen-bond acceptors (Lipinski definition) is 2. The summed E-state index contributed by atoms with van der Waals surface area (Å²) in [5.74, 6) is 0.440. The van der Waals surface area contributed by atoms with Gasteiger partial charge in [0.1, 0.15) is 5.82 Å². The lowest BCUT2D eigenvalue weighted by Crippen LogP contribution is -2.21. The molecule has 4 heteroatoms. The van der Waals surface area contributed by atoms with Crippen LogP contribution in [0.25, 0.3) is 16.5 Å². The Hall–Kier alpha value is -2.07. The topological polar surface area (TPSA) is 48.0 Å². The van der Waals surface area contributed by atoms with Crippen LogP contribution in [0.2, 0.25) is 0 Å². The number of fused-ring (bicyclic) bond motifs is 1. The van der Waals surface area contributed by atoms with Crippen molar-refractivity contribution in [2.75, 3.05) is 5.73 Å². The van der Waals surface area contributed by atoms with Crippen LogP contribution in [0.15, 0.2) is 57.8 Å². The first kappa shape index (κ1) is 12.9. The molecule has 0 aliphatic heterocycles. The normalized spacial score (nSPS) is 10.9. The Balaban J connectivity index is 2.36. The number of nitrogen functional groups attached to an aromatic ring is 1. The van der Waals surface area contributed by atoms with E-state index in [4.69, 9.17) is 5.73 Å². The minimum atomic E-state index is -0.0951. The zero-order valence-corrected chi connectivity index (χ0v) is 12.5. The van der Waals surface area contributed by atoms with Crippen LogP contribution < -0.4 is 11.3 Å². The van der Waals surface area contributed by atoms with Gasteiger partial charge in [-0.05, 0) is 48.2 Å². The Morgan fingerprint density at radius 2 is 1.85 bits per heavy atom. The lowest BCUT2D eigenvalue weighted by atomic mass is 10.1. The van der Waals surface area contributed by atoms with Crippen LogP contribution in [-0.2, 0) is 0 Å². The zero-order valence-electron chi connectivity index (χ0n) is 10.9. The van der Waals surface area contributed by atoms with Crippen LogP contribution in [0.3, 0.4) is 0 Å². The monoisotopic (exact) mass is 328 g/mol. The molecule has 0 bridgehead atoms. The number of halogens is 1. The second-order valence-corrected chi connectivity index (χ2v) is 5.58. The molecule has 0 aliphatic carbocycles. The van der Waals surface area contributed by atoms with Gasteiger partial charge in [0.05, 0.1) is 5.69 Å². The molecule has 0 radical (unpaired) electrons. The summed E-state index contributed by atoms with van der Waals surface area (Å²) >= 11 is 3.46. The number of aromatic nitrogens is 1. The lowest BCUT2D eigenvalue weighted by molar-refractivity contribution is 1.02. The summed E-state index contributed by atoms with van der Waals surface area (Å²) < 4.78 is 2.55. The standard InChI is InChI=1S/C16H13BrN2O/c1-10-8-12(6-7-14(10)17)19-15(18)9-11-4-2-3-5-13(11)16(19)20/h2-9H,18H2,1H3. The van der Waals surface area contributed by atoms with E-state index in [1.54, 1.807) is 4.57 Å². The summed E-state index contributed by atoms with van der Waals surface area (Å²) in [6.07, 6.45) is 0. The first-order valence-electron chi connectivity index (χ1n) is 6.25. The highest BCUT2D eigenvalue weighted by atomic mass is 79.9. The third-order valence-electron chi connectivity index (χ3n) is 3.36. The summed E-state index contributed by atoms with van der Waals surface area (Å²) in [6, 6.07) is 15.0. The second-order valence-electron chi connectivity index (χ2n) is 4.73. The highest BCUT2D eigenvalue weighted by Crippen LogP contribution is 2.22. The molecule has 20 heavy (non-hydrogen) atoms. The second kappa shape index (κ2) is 4.80. The molecule has 0 amide bonds. The molecule has 100 valence electrons. The van der Waals surface area contributed by atoms with Crippen LogP contribution in [0.4, 0.5) is 5.82 Å². The van der Waals surface area contributed by atoms with Crippen molar-refractivity contribution in [2.24, 2.45) is 0 Å². The minimum Gasteiger partial charge on any atom is -0.385 e. The first-order valence-corrected chi connectivity index (χ1v) is 7.04. The van der Waals surface area contributed by atoms with E-state index < -0.39 is 0 Å². The van der Waals surface area contributed by atoms with Gasteiger partial charge in [0.15, 0.2) is 0 Å². The van der Waals surface area contributed by atoms with Crippen molar-refractivity contribution < 1.29 is 0 Å². The molecule has 2 N–H and O–H groups in total. The molecule has 3 nitrogen and oxygen atoms in total. The van der Waals surface area contributed by atoms with E-state index in [9.17, 15) is 4.79 Å². The van der Waals surface area contributed by atoms with Crippen molar-refractivity contribution in [1.29, 1.82) is 0 Å². The van der Waals surface area contributed by atoms with Crippen molar-refractivity contribution in [3.8, 4) is 5.69 Å². The molecule has 0 saturated heterocycles. The Labute approximate surface area is 124 Å². The zero-order chi connectivity index (χ0) is 14.3. The molecule has 3 rings (SSSR count). The maximum atomic E-state index is 12.6. The summed E-state index contributed by atoms with van der Waals surface area (Å²) in [7, 11) is 0. The fraction of sp³-hybridized carbons (Fsp3) is 0.0625. The van der Waals surface area contributed by atoms with E-state index in [0.717, 1.165) is 21.1 Å². The highest BCUT2D eigenvalue weighted by Gasteiger charge is 2.09. The smallest absolute Gasteiger partial charge is 0.264 e. The molecule has 1 heterocycles. The van der Waals surface area contributed by atoms with Gasteiger partial charge in [-0.2, -0.15) is 0 Å². The predicted molar refractivity (Wildman–Crippen MR) is 86.4 cm³/mol. The van der Waals surface area contributed by atoms with E-state index in [-0.39, 0.29) is 5.56 Å². The molecule has 0 atom stereocenters. The van der Waals surface area contributed by atoms with Gasteiger partial charge in [-0.25, -0.2) is 0 Å². The third kappa shape index (κ3) is 2.02. The molecule has 0 aliphatic rings. The number of nitrogens with zero attached hydrogens (tertiary/aromatic N) is 1. The van der Waals surface area contributed by atoms with Gasteiger partial charge in [0, 0.05) is 9.86 Å². The van der Waals surface area contributed by atoms with Crippen molar-refractivity contribution >= 4 is 32.5 Å². The number of anilines is 1. The van der Waals surface area contributed by atoms with Crippen molar-refractivity contribution in [3.05, 3.63) is 68.9 Å². The van der Waals surface area contributed by atoms with Crippen molar-refractivity contribution in [1.82, 2.24) is 4.57 Å². The predicted octanol–water partition coefficient (Wildman–Crippen LogP) is 3.64. The quantitative estimate of drug-likeness (QED) is 0.741. The first-order chi connectivity index (χ1) is 9.58. The van der Waals surface area contributed by atoms with Crippen LogP contribution >= 0.6 is 15.9 Å². The number of hydrogen-bond donors (Lipinski definition) is 1. The molecule has 0 saturated carbocycles. The minimum absolute atomic E-state index is 0.0951. The number of benzene rings is 2. The molecule has 0 spiro atoms. The van der Waals surface area contributed by atoms with E-state index in [1.165, 1.54) is 0 Å². The summed E-state index contributed by atoms with van der Waals surface area (Å²) in [4.78, 5) is 12.6. The van der Waals surface area contributed by atoms with E-state index >= 15 is 0 Å². The number of nitrogens with two attached hydrogens (primary N) is 1. The maximum Gasteiger partial charge on any atom is 0.264 e. The molecule has 3 aromatic rings. The Morgan fingerprint density at radius 1 is 1.10 bits per heavy atom. The van der Waals surface area contributed by atoms with E-state index in [2.05, 4.69) is 15.9 Å².